The minimum Gasteiger partial charge on any atom is -0.506 e. The van der Waals surface area contributed by atoms with Gasteiger partial charge in [0.1, 0.15) is 22.4 Å². The molecule has 0 atom stereocenters. The maximum Gasteiger partial charge on any atom is 0.200 e. The van der Waals surface area contributed by atoms with E-state index in [9.17, 15) is 32.3 Å². The van der Waals surface area contributed by atoms with Crippen LogP contribution in [0.1, 0.15) is 10.6 Å². The van der Waals surface area contributed by atoms with Crippen LogP contribution in [0.2, 0.25) is 0 Å². The van der Waals surface area contributed by atoms with Crippen LogP contribution in [0.4, 0.5) is 22.0 Å². The molecule has 126 valence electrons. The van der Waals surface area contributed by atoms with Crippen LogP contribution in [0.25, 0.3) is 21.5 Å². The monoisotopic (exact) mass is 368 g/mol. The predicted octanol–water partition coefficient (Wildman–Crippen LogP) is 4.94. The summed E-state index contributed by atoms with van der Waals surface area (Å²) in [4.78, 5) is 4.02. The van der Waals surface area contributed by atoms with E-state index in [2.05, 4.69) is 4.98 Å². The standard InChI is InChI=1S/C16H5F5N2OS/c17-10-9(11(18)13(20)14(21)12(10)19)15(24)6(5-22)16-23-7-3-1-2-4-8(7)25-16/h1-4,24H/b15-6-. The molecule has 25 heavy (non-hydrogen) atoms. The lowest BCUT2D eigenvalue weighted by atomic mass is 10.1. The van der Waals surface area contributed by atoms with Crippen LogP contribution in [0.5, 0.6) is 0 Å². The molecule has 0 amide bonds. The van der Waals surface area contributed by atoms with Crippen molar-refractivity contribution < 1.29 is 27.1 Å². The molecule has 3 rings (SSSR count). The number of fused-ring (bicyclic) bond motifs is 1. The number of nitriles is 1. The number of para-hydroxylation sites is 1. The molecule has 0 aliphatic carbocycles. The van der Waals surface area contributed by atoms with E-state index >= 15 is 0 Å². The van der Waals surface area contributed by atoms with Crippen molar-refractivity contribution in [2.24, 2.45) is 0 Å². The number of rotatable bonds is 2. The fourth-order valence-electron chi connectivity index (χ4n) is 2.12. The number of aliphatic hydroxyl groups is 1. The first-order chi connectivity index (χ1) is 11.9. The number of halogens is 5. The quantitative estimate of drug-likeness (QED) is 0.229. The van der Waals surface area contributed by atoms with Crippen molar-refractivity contribution in [3.05, 3.63) is 63.9 Å². The lowest BCUT2D eigenvalue weighted by Crippen LogP contribution is -2.07. The largest absolute Gasteiger partial charge is 0.506 e. The highest BCUT2D eigenvalue weighted by Gasteiger charge is 2.30. The van der Waals surface area contributed by atoms with Crippen LogP contribution in [0, 0.1) is 40.4 Å². The van der Waals surface area contributed by atoms with Crippen molar-refractivity contribution in [2.45, 2.75) is 0 Å². The number of hydrogen-bond acceptors (Lipinski definition) is 4. The van der Waals surface area contributed by atoms with Crippen LogP contribution in [0.3, 0.4) is 0 Å². The zero-order valence-corrected chi connectivity index (χ0v) is 12.8. The minimum atomic E-state index is -2.36. The van der Waals surface area contributed by atoms with E-state index in [0.29, 0.717) is 10.2 Å². The van der Waals surface area contributed by atoms with Gasteiger partial charge in [-0.15, -0.1) is 11.3 Å². The summed E-state index contributed by atoms with van der Waals surface area (Å²) in [6, 6.07) is 8.08. The Balaban J connectivity index is 2.30. The minimum absolute atomic E-state index is 0.120. The summed E-state index contributed by atoms with van der Waals surface area (Å²) in [6.45, 7) is 0. The van der Waals surface area contributed by atoms with E-state index in [1.54, 1.807) is 24.3 Å². The number of aromatic nitrogens is 1. The maximum absolute atomic E-state index is 13.8. The first-order valence-electron chi connectivity index (χ1n) is 6.57. The Bertz CT molecular complexity index is 1020. The Labute approximate surface area is 140 Å². The van der Waals surface area contributed by atoms with Crippen LogP contribution in [0.15, 0.2) is 24.3 Å². The summed E-state index contributed by atoms with van der Waals surface area (Å²) in [5.41, 5.74) is -1.84. The fourth-order valence-corrected chi connectivity index (χ4v) is 3.08. The molecule has 0 bridgehead atoms. The first-order valence-corrected chi connectivity index (χ1v) is 7.39. The van der Waals surface area contributed by atoms with Crippen LogP contribution in [-0.4, -0.2) is 10.1 Å². The topological polar surface area (TPSA) is 56.9 Å². The Morgan fingerprint density at radius 2 is 1.52 bits per heavy atom. The molecular weight excluding hydrogens is 363 g/mol. The van der Waals surface area contributed by atoms with Gasteiger partial charge in [-0.2, -0.15) is 5.26 Å². The highest BCUT2D eigenvalue weighted by atomic mass is 32.1. The summed E-state index contributed by atoms with van der Waals surface area (Å²) in [5.74, 6) is -12.6. The van der Waals surface area contributed by atoms with E-state index in [1.165, 1.54) is 6.07 Å². The third-order valence-corrected chi connectivity index (χ3v) is 4.36. The summed E-state index contributed by atoms with van der Waals surface area (Å²) in [7, 11) is 0. The van der Waals surface area contributed by atoms with Gasteiger partial charge in [0.05, 0.1) is 15.8 Å². The van der Waals surface area contributed by atoms with Gasteiger partial charge in [-0.05, 0) is 12.1 Å². The molecule has 2 aromatic carbocycles. The molecule has 9 heteroatoms. The van der Waals surface area contributed by atoms with Gasteiger partial charge in [0.15, 0.2) is 23.3 Å². The number of aliphatic hydroxyl groups excluding tert-OH is 1. The average molecular weight is 368 g/mol. The van der Waals surface area contributed by atoms with Gasteiger partial charge in [-0.3, -0.25) is 0 Å². The SMILES string of the molecule is N#C/C(=C(/O)c1c(F)c(F)c(F)c(F)c1F)c1nc2ccccc2s1. The second-order valence-corrected chi connectivity index (χ2v) is 5.80. The van der Waals surface area contributed by atoms with E-state index in [4.69, 9.17) is 0 Å². The third kappa shape index (κ3) is 2.60. The second-order valence-electron chi connectivity index (χ2n) is 4.77. The normalized spacial score (nSPS) is 12.2. The van der Waals surface area contributed by atoms with Crippen molar-refractivity contribution in [1.82, 2.24) is 4.98 Å². The van der Waals surface area contributed by atoms with Gasteiger partial charge in [-0.1, -0.05) is 12.1 Å². The predicted molar refractivity (Wildman–Crippen MR) is 80.9 cm³/mol. The molecule has 3 nitrogen and oxygen atoms in total. The molecule has 1 N–H and O–H groups in total. The molecule has 1 heterocycles. The highest BCUT2D eigenvalue weighted by Crippen LogP contribution is 2.34. The van der Waals surface area contributed by atoms with Crippen LogP contribution in [-0.2, 0) is 0 Å². The average Bonchev–Trinajstić information content (AvgIpc) is 3.02. The molecule has 0 saturated heterocycles. The summed E-state index contributed by atoms with van der Waals surface area (Å²) < 4.78 is 68.0. The maximum atomic E-state index is 13.8. The molecule has 0 spiro atoms. The van der Waals surface area contributed by atoms with Crippen molar-refractivity contribution in [3.8, 4) is 6.07 Å². The smallest absolute Gasteiger partial charge is 0.200 e. The van der Waals surface area contributed by atoms with E-state index in [1.807, 2.05) is 0 Å². The molecule has 0 radical (unpaired) electrons. The molecule has 0 aliphatic rings. The Morgan fingerprint density at radius 3 is 2.08 bits per heavy atom. The Hall–Kier alpha value is -2.99. The molecular formula is C16H5F5N2OS. The van der Waals surface area contributed by atoms with Gasteiger partial charge in [0.25, 0.3) is 0 Å². The lowest BCUT2D eigenvalue weighted by molar-refractivity contribution is 0.370. The van der Waals surface area contributed by atoms with Gasteiger partial charge < -0.3 is 5.11 Å². The van der Waals surface area contributed by atoms with Crippen molar-refractivity contribution >= 4 is 32.9 Å². The lowest BCUT2D eigenvalue weighted by Gasteiger charge is -2.08. The molecule has 0 unspecified atom stereocenters. The van der Waals surface area contributed by atoms with E-state index < -0.39 is 46.0 Å². The zero-order chi connectivity index (χ0) is 18.3. The molecule has 1 aromatic heterocycles. The van der Waals surface area contributed by atoms with Crippen molar-refractivity contribution in [1.29, 1.82) is 5.26 Å². The van der Waals surface area contributed by atoms with Gasteiger partial charge in [-0.25, -0.2) is 26.9 Å². The molecule has 0 aliphatic heterocycles. The van der Waals surface area contributed by atoms with Gasteiger partial charge in [0.2, 0.25) is 5.82 Å². The second kappa shape index (κ2) is 6.14. The van der Waals surface area contributed by atoms with Gasteiger partial charge in [0, 0.05) is 0 Å². The number of allylic oxidation sites excluding steroid dienone is 1. The molecule has 0 saturated carbocycles. The number of hydrogen-bond donors (Lipinski definition) is 1. The van der Waals surface area contributed by atoms with Crippen molar-refractivity contribution in [3.63, 3.8) is 0 Å². The van der Waals surface area contributed by atoms with E-state index in [0.717, 1.165) is 11.3 Å². The van der Waals surface area contributed by atoms with Gasteiger partial charge >= 0.3 is 0 Å². The number of benzene rings is 2. The van der Waals surface area contributed by atoms with E-state index in [-0.39, 0.29) is 5.01 Å². The number of nitrogens with zero attached hydrogens (tertiary/aromatic N) is 2. The summed E-state index contributed by atoms with van der Waals surface area (Å²) >= 11 is 0.918. The summed E-state index contributed by atoms with van der Waals surface area (Å²) in [5, 5.41) is 19.1. The summed E-state index contributed by atoms with van der Waals surface area (Å²) in [6.07, 6.45) is 0. The van der Waals surface area contributed by atoms with Crippen LogP contribution >= 0.6 is 11.3 Å². The number of thiazole rings is 1. The third-order valence-electron chi connectivity index (χ3n) is 3.30. The first kappa shape index (κ1) is 16.9. The Kier molecular flexibility index (Phi) is 4.14. The fraction of sp³-hybridized carbons (Fsp3) is 0. The zero-order valence-electron chi connectivity index (χ0n) is 11.9. The highest BCUT2D eigenvalue weighted by molar-refractivity contribution is 7.19. The Morgan fingerprint density at radius 1 is 0.960 bits per heavy atom. The molecule has 0 fully saturated rings. The molecule has 3 aromatic rings. The van der Waals surface area contributed by atoms with Crippen molar-refractivity contribution in [2.75, 3.05) is 0 Å². The van der Waals surface area contributed by atoms with Crippen LogP contribution < -0.4 is 0 Å².